The molecule has 0 saturated heterocycles. The minimum Gasteiger partial charge on any atom is -0.343 e. The number of rotatable bonds is 7. The van der Waals surface area contributed by atoms with Crippen LogP contribution in [0.3, 0.4) is 0 Å². The molecule has 1 N–H and O–H groups in total. The molecule has 0 radical (unpaired) electrons. The molecule has 0 aliphatic heterocycles. The van der Waals surface area contributed by atoms with Crippen LogP contribution in [-0.4, -0.2) is 30.4 Å². The molecular formula is C14H19F3N2O. The minimum atomic E-state index is -1.47. The van der Waals surface area contributed by atoms with Crippen molar-refractivity contribution in [3.05, 3.63) is 35.1 Å². The van der Waals surface area contributed by atoms with Gasteiger partial charge in [0.05, 0.1) is 0 Å². The third kappa shape index (κ3) is 4.52. The average Bonchev–Trinajstić information content (AvgIpc) is 2.42. The van der Waals surface area contributed by atoms with Gasteiger partial charge in [-0.2, -0.15) is 0 Å². The van der Waals surface area contributed by atoms with E-state index in [0.29, 0.717) is 31.6 Å². The first kappa shape index (κ1) is 16.5. The van der Waals surface area contributed by atoms with Crippen molar-refractivity contribution in [3.63, 3.8) is 0 Å². The van der Waals surface area contributed by atoms with Gasteiger partial charge in [0, 0.05) is 32.6 Å². The number of hydrogen-bond acceptors (Lipinski definition) is 2. The zero-order chi connectivity index (χ0) is 15.1. The molecule has 112 valence electrons. The highest BCUT2D eigenvalue weighted by Gasteiger charge is 2.11. The van der Waals surface area contributed by atoms with Gasteiger partial charge < -0.3 is 10.2 Å². The molecule has 1 aromatic rings. The van der Waals surface area contributed by atoms with E-state index in [1.54, 1.807) is 4.90 Å². The summed E-state index contributed by atoms with van der Waals surface area (Å²) in [6.07, 6.45) is 0.313. The summed E-state index contributed by atoms with van der Waals surface area (Å²) < 4.78 is 38.7. The number of carbonyl (C=O) groups excluding carboxylic acids is 1. The molecular weight excluding hydrogens is 269 g/mol. The van der Waals surface area contributed by atoms with Gasteiger partial charge in [-0.15, -0.1) is 0 Å². The third-order valence-corrected chi connectivity index (χ3v) is 3.00. The first-order valence-electron chi connectivity index (χ1n) is 6.61. The summed E-state index contributed by atoms with van der Waals surface area (Å²) in [5.41, 5.74) is 0.302. The van der Waals surface area contributed by atoms with Crippen LogP contribution >= 0.6 is 0 Å². The fraction of sp³-hybridized carbons (Fsp3) is 0.500. The number of halogens is 3. The molecule has 0 unspecified atom stereocenters. The first-order chi connectivity index (χ1) is 9.49. The van der Waals surface area contributed by atoms with Crippen molar-refractivity contribution >= 4 is 5.91 Å². The van der Waals surface area contributed by atoms with E-state index >= 15 is 0 Å². The van der Waals surface area contributed by atoms with E-state index in [1.165, 1.54) is 0 Å². The molecule has 0 heterocycles. The predicted octanol–water partition coefficient (Wildman–Crippen LogP) is 2.45. The Balaban J connectivity index is 2.40. The van der Waals surface area contributed by atoms with Gasteiger partial charge >= 0.3 is 0 Å². The summed E-state index contributed by atoms with van der Waals surface area (Å²) >= 11 is 0. The number of nitrogens with zero attached hydrogens (tertiary/aromatic N) is 1. The van der Waals surface area contributed by atoms with Crippen molar-refractivity contribution in [1.29, 1.82) is 0 Å². The van der Waals surface area contributed by atoms with Crippen molar-refractivity contribution in [2.45, 2.75) is 26.8 Å². The lowest BCUT2D eigenvalue weighted by Crippen LogP contribution is -2.32. The van der Waals surface area contributed by atoms with E-state index in [0.717, 1.165) is 12.1 Å². The van der Waals surface area contributed by atoms with Crippen LogP contribution in [0.4, 0.5) is 13.2 Å². The SMILES string of the molecule is CCN(CC)C(=O)CCNCc1cc(F)c(F)c(F)c1. The van der Waals surface area contributed by atoms with Gasteiger partial charge in [-0.05, 0) is 31.5 Å². The Bertz CT molecular complexity index is 439. The fourth-order valence-corrected chi connectivity index (χ4v) is 1.87. The van der Waals surface area contributed by atoms with E-state index in [-0.39, 0.29) is 12.5 Å². The van der Waals surface area contributed by atoms with Gasteiger partial charge in [0.25, 0.3) is 0 Å². The van der Waals surface area contributed by atoms with Crippen LogP contribution in [0.2, 0.25) is 0 Å². The van der Waals surface area contributed by atoms with Gasteiger partial charge in [0.2, 0.25) is 5.91 Å². The molecule has 1 rings (SSSR count). The Kier molecular flexibility index (Phi) is 6.51. The summed E-state index contributed by atoms with van der Waals surface area (Å²) in [6.45, 7) is 5.70. The Morgan fingerprint density at radius 1 is 1.15 bits per heavy atom. The first-order valence-corrected chi connectivity index (χ1v) is 6.61. The molecule has 20 heavy (non-hydrogen) atoms. The average molecular weight is 288 g/mol. The van der Waals surface area contributed by atoms with Crippen LogP contribution in [0.25, 0.3) is 0 Å². The standard InChI is InChI=1S/C14H19F3N2O/c1-3-19(4-2)13(20)5-6-18-9-10-7-11(15)14(17)12(16)8-10/h7-8,18H,3-6,9H2,1-2H3. The molecule has 0 atom stereocenters. The van der Waals surface area contributed by atoms with Crippen molar-refractivity contribution < 1.29 is 18.0 Å². The molecule has 6 heteroatoms. The fourth-order valence-electron chi connectivity index (χ4n) is 1.87. The Hall–Kier alpha value is -1.56. The van der Waals surface area contributed by atoms with Gasteiger partial charge in [-0.1, -0.05) is 0 Å². The highest BCUT2D eigenvalue weighted by molar-refractivity contribution is 5.76. The molecule has 0 aliphatic rings. The Labute approximate surface area is 116 Å². The monoisotopic (exact) mass is 288 g/mol. The highest BCUT2D eigenvalue weighted by atomic mass is 19.2. The van der Waals surface area contributed by atoms with Crippen LogP contribution < -0.4 is 5.32 Å². The summed E-state index contributed by atoms with van der Waals surface area (Å²) in [5.74, 6) is -3.86. The lowest BCUT2D eigenvalue weighted by molar-refractivity contribution is -0.130. The molecule has 0 spiro atoms. The summed E-state index contributed by atoms with van der Waals surface area (Å²) in [6, 6.07) is 1.88. The van der Waals surface area contributed by atoms with Crippen LogP contribution in [0.5, 0.6) is 0 Å². The maximum atomic E-state index is 13.0. The second-order valence-electron chi connectivity index (χ2n) is 4.37. The lowest BCUT2D eigenvalue weighted by Gasteiger charge is -2.18. The summed E-state index contributed by atoms with van der Waals surface area (Å²) in [7, 11) is 0. The second-order valence-corrected chi connectivity index (χ2v) is 4.37. The van der Waals surface area contributed by atoms with Gasteiger partial charge in [-0.25, -0.2) is 13.2 Å². The molecule has 0 fully saturated rings. The molecule has 0 bridgehead atoms. The molecule has 3 nitrogen and oxygen atoms in total. The zero-order valence-corrected chi connectivity index (χ0v) is 11.7. The zero-order valence-electron chi connectivity index (χ0n) is 11.7. The lowest BCUT2D eigenvalue weighted by atomic mass is 10.2. The van der Waals surface area contributed by atoms with Crippen molar-refractivity contribution in [2.75, 3.05) is 19.6 Å². The van der Waals surface area contributed by atoms with Crippen LogP contribution in [0.15, 0.2) is 12.1 Å². The van der Waals surface area contributed by atoms with Gasteiger partial charge in [-0.3, -0.25) is 4.79 Å². The maximum Gasteiger partial charge on any atom is 0.223 e. The second kappa shape index (κ2) is 7.89. The van der Waals surface area contributed by atoms with Crippen molar-refractivity contribution in [2.24, 2.45) is 0 Å². The minimum absolute atomic E-state index is 0.0268. The molecule has 0 aromatic heterocycles. The normalized spacial score (nSPS) is 10.7. The van der Waals surface area contributed by atoms with Gasteiger partial charge in [0.15, 0.2) is 17.5 Å². The summed E-state index contributed by atoms with van der Waals surface area (Å²) in [5, 5.41) is 2.91. The van der Waals surface area contributed by atoms with Crippen molar-refractivity contribution in [1.82, 2.24) is 10.2 Å². The topological polar surface area (TPSA) is 32.3 Å². The quantitative estimate of drug-likeness (QED) is 0.617. The van der Waals surface area contributed by atoms with E-state index in [9.17, 15) is 18.0 Å². The smallest absolute Gasteiger partial charge is 0.223 e. The number of carbonyl (C=O) groups is 1. The molecule has 1 amide bonds. The predicted molar refractivity (Wildman–Crippen MR) is 70.6 cm³/mol. The molecule has 0 saturated carbocycles. The van der Waals surface area contributed by atoms with Gasteiger partial charge in [0.1, 0.15) is 0 Å². The molecule has 1 aromatic carbocycles. The number of amides is 1. The van der Waals surface area contributed by atoms with E-state index in [4.69, 9.17) is 0 Å². The number of nitrogens with one attached hydrogen (secondary N) is 1. The van der Waals surface area contributed by atoms with E-state index < -0.39 is 17.5 Å². The van der Waals surface area contributed by atoms with E-state index in [1.807, 2.05) is 13.8 Å². The van der Waals surface area contributed by atoms with E-state index in [2.05, 4.69) is 5.32 Å². The Morgan fingerprint density at radius 2 is 1.70 bits per heavy atom. The highest BCUT2D eigenvalue weighted by Crippen LogP contribution is 2.13. The number of hydrogen-bond donors (Lipinski definition) is 1. The third-order valence-electron chi connectivity index (χ3n) is 3.00. The largest absolute Gasteiger partial charge is 0.343 e. The number of benzene rings is 1. The van der Waals surface area contributed by atoms with Crippen LogP contribution in [-0.2, 0) is 11.3 Å². The molecule has 0 aliphatic carbocycles. The Morgan fingerprint density at radius 3 is 2.20 bits per heavy atom. The van der Waals surface area contributed by atoms with Crippen LogP contribution in [0.1, 0.15) is 25.8 Å². The van der Waals surface area contributed by atoms with Crippen LogP contribution in [0, 0.1) is 17.5 Å². The maximum absolute atomic E-state index is 13.0. The van der Waals surface area contributed by atoms with Crippen molar-refractivity contribution in [3.8, 4) is 0 Å². The summed E-state index contributed by atoms with van der Waals surface area (Å²) in [4.78, 5) is 13.4.